The molecule has 1 unspecified atom stereocenters. The molecule has 2 heterocycles. The van der Waals surface area contributed by atoms with Crippen molar-refractivity contribution in [1.82, 2.24) is 15.2 Å². The highest BCUT2D eigenvalue weighted by molar-refractivity contribution is 6.34. The molecule has 0 spiro atoms. The molecule has 3 N–H and O–H groups in total. The van der Waals surface area contributed by atoms with Gasteiger partial charge < -0.3 is 20.6 Å². The van der Waals surface area contributed by atoms with Gasteiger partial charge in [-0.2, -0.15) is 0 Å². The van der Waals surface area contributed by atoms with Crippen molar-refractivity contribution in [2.45, 2.75) is 44.6 Å². The van der Waals surface area contributed by atoms with Gasteiger partial charge in [-0.1, -0.05) is 23.7 Å². The molecule has 1 aliphatic rings. The van der Waals surface area contributed by atoms with Gasteiger partial charge in [0.1, 0.15) is 17.7 Å². The summed E-state index contributed by atoms with van der Waals surface area (Å²) in [5.74, 6) is -2.05. The number of nitrogens with one attached hydrogen (secondary N) is 2. The van der Waals surface area contributed by atoms with E-state index in [0.717, 1.165) is 43.4 Å². The summed E-state index contributed by atoms with van der Waals surface area (Å²) in [6.45, 7) is -1.36. The van der Waals surface area contributed by atoms with Crippen LogP contribution in [0.1, 0.15) is 51.4 Å². The van der Waals surface area contributed by atoms with E-state index < -0.39 is 35.7 Å². The molecule has 0 bridgehead atoms. The molecule has 1 atom stereocenters. The molecule has 178 valence electrons. The molecule has 0 saturated carbocycles. The van der Waals surface area contributed by atoms with Crippen molar-refractivity contribution in [3.8, 4) is 0 Å². The summed E-state index contributed by atoms with van der Waals surface area (Å²) in [6, 6.07) is 6.36. The molecule has 1 amide bonds. The number of aliphatic carboxylic acids is 1. The Hall–Kier alpha value is -2.71. The number of aromatic nitrogens is 1. The van der Waals surface area contributed by atoms with Crippen LogP contribution in [0.4, 0.5) is 10.2 Å². The molecule has 1 aromatic heterocycles. The zero-order valence-electron chi connectivity index (χ0n) is 21.2. The first kappa shape index (κ1) is 20.9. The third kappa shape index (κ3) is 7.14. The Bertz CT molecular complexity index is 1090. The van der Waals surface area contributed by atoms with Gasteiger partial charge >= 0.3 is 5.97 Å². The molecule has 7 nitrogen and oxygen atoms in total. The third-order valence-corrected chi connectivity index (χ3v) is 5.93. The lowest BCUT2D eigenvalue weighted by Crippen LogP contribution is -2.43. The zero-order valence-corrected chi connectivity index (χ0v) is 19.0. The summed E-state index contributed by atoms with van der Waals surface area (Å²) in [6.07, 6.45) is 3.94. The lowest BCUT2D eigenvalue weighted by atomic mass is 10.1. The second-order valence-electron chi connectivity index (χ2n) is 8.04. The summed E-state index contributed by atoms with van der Waals surface area (Å²) in [7, 11) is 0. The Morgan fingerprint density at radius 1 is 1.33 bits per heavy atom. The number of anilines is 1. The predicted octanol–water partition coefficient (Wildman–Crippen LogP) is 3.76. The number of halogens is 2. The number of carboxylic acids is 1. The summed E-state index contributed by atoms with van der Waals surface area (Å²) in [5.41, 5.74) is 1.95. The monoisotopic (exact) mass is 479 g/mol. The zero-order chi connectivity index (χ0) is 26.3. The Kier molecular flexibility index (Phi) is 7.56. The highest BCUT2D eigenvalue weighted by Gasteiger charge is 2.23. The Balaban J connectivity index is 1.53. The second kappa shape index (κ2) is 12.0. The Labute approximate surface area is 202 Å². The van der Waals surface area contributed by atoms with Crippen LogP contribution in [0.5, 0.6) is 0 Å². The average Bonchev–Trinajstić information content (AvgIpc) is 2.83. The number of amides is 1. The van der Waals surface area contributed by atoms with Crippen molar-refractivity contribution in [2.75, 3.05) is 31.9 Å². The fourth-order valence-corrected chi connectivity index (χ4v) is 3.90. The fraction of sp³-hybridized carbons (Fsp3) is 0.458. The number of aryl methyl sites for hydroxylation is 2. The molecule has 0 saturated heterocycles. The van der Waals surface area contributed by atoms with Crippen LogP contribution in [-0.4, -0.2) is 59.5 Å². The van der Waals surface area contributed by atoms with E-state index in [1.54, 1.807) is 0 Å². The molecule has 0 radical (unpaired) electrons. The molecule has 33 heavy (non-hydrogen) atoms. The van der Waals surface area contributed by atoms with Crippen LogP contribution >= 0.6 is 11.6 Å². The molecule has 3 rings (SSSR count). The van der Waals surface area contributed by atoms with E-state index in [0.29, 0.717) is 12.8 Å². The summed E-state index contributed by atoms with van der Waals surface area (Å²) in [5, 5.41) is 14.7. The lowest BCUT2D eigenvalue weighted by Gasteiger charge is -2.20. The number of hydrogen-bond acceptors (Lipinski definition) is 5. The Morgan fingerprint density at radius 3 is 2.97 bits per heavy atom. The van der Waals surface area contributed by atoms with E-state index >= 15 is 0 Å². The van der Waals surface area contributed by atoms with Crippen molar-refractivity contribution in [1.29, 1.82) is 0 Å². The minimum atomic E-state index is -2.42. The topological polar surface area (TPSA) is 94.6 Å². The van der Waals surface area contributed by atoms with Crippen molar-refractivity contribution in [3.05, 3.63) is 58.0 Å². The van der Waals surface area contributed by atoms with E-state index in [2.05, 4.69) is 21.7 Å². The van der Waals surface area contributed by atoms with Crippen LogP contribution in [0.25, 0.3) is 0 Å². The largest absolute Gasteiger partial charge is 0.480 e. The van der Waals surface area contributed by atoms with Gasteiger partial charge in [0.2, 0.25) is 0 Å². The molecule has 1 aromatic carbocycles. The summed E-state index contributed by atoms with van der Waals surface area (Å²) < 4.78 is 37.1. The van der Waals surface area contributed by atoms with E-state index in [9.17, 15) is 19.1 Å². The first-order valence-electron chi connectivity index (χ1n) is 12.5. The van der Waals surface area contributed by atoms with Gasteiger partial charge in [0.05, 0.1) is 10.6 Å². The number of fused-ring (bicyclic) bond motifs is 1. The van der Waals surface area contributed by atoms with E-state index in [4.69, 9.17) is 15.7 Å². The maximum atomic E-state index is 13.6. The SMILES string of the molecule is [2H]C([2H])([2H])N(CCCCc1ccc2c(n1)NCCC2)CCC(NC(=O)c1cccc(F)c1Cl)C(=O)O. The standard InChI is InChI=1S/C24H30ClFN4O3/c1-30(14-3-2-7-17-11-10-16-6-5-13-27-22(16)28-17)15-12-20(24(32)33)29-23(31)18-8-4-9-19(26)21(18)25/h4,8-11,20H,2-3,5-7,12-15H2,1H3,(H,27,28)(H,29,31)(H,32,33)/i1D3. The Morgan fingerprint density at radius 2 is 2.18 bits per heavy atom. The number of carboxylic acid groups (broad SMARTS) is 1. The molecule has 0 aliphatic carbocycles. The molecular formula is C24H30ClFN4O3. The third-order valence-electron chi connectivity index (χ3n) is 5.55. The minimum Gasteiger partial charge on any atom is -0.480 e. The number of carbonyl (C=O) groups excluding carboxylic acids is 1. The van der Waals surface area contributed by atoms with Crippen LogP contribution in [0, 0.1) is 5.82 Å². The van der Waals surface area contributed by atoms with Gasteiger partial charge in [-0.15, -0.1) is 0 Å². The van der Waals surface area contributed by atoms with Gasteiger partial charge in [-0.25, -0.2) is 14.2 Å². The highest BCUT2D eigenvalue weighted by Crippen LogP contribution is 2.21. The number of rotatable bonds is 11. The quantitative estimate of drug-likeness (QED) is 0.425. The maximum absolute atomic E-state index is 13.6. The smallest absolute Gasteiger partial charge is 0.326 e. The molecular weight excluding hydrogens is 447 g/mol. The first-order chi connectivity index (χ1) is 17.1. The van der Waals surface area contributed by atoms with Gasteiger partial charge in [0.15, 0.2) is 0 Å². The molecule has 1 aliphatic heterocycles. The van der Waals surface area contributed by atoms with Crippen molar-refractivity contribution in [2.24, 2.45) is 0 Å². The summed E-state index contributed by atoms with van der Waals surface area (Å²) >= 11 is 5.81. The van der Waals surface area contributed by atoms with Gasteiger partial charge in [0.25, 0.3) is 5.91 Å². The maximum Gasteiger partial charge on any atom is 0.326 e. The molecule has 0 fully saturated rings. The number of carbonyl (C=O) groups is 2. The van der Waals surface area contributed by atoms with Crippen LogP contribution in [0.15, 0.2) is 30.3 Å². The second-order valence-corrected chi connectivity index (χ2v) is 8.42. The van der Waals surface area contributed by atoms with Crippen molar-refractivity contribution >= 4 is 29.3 Å². The number of unbranched alkanes of at least 4 members (excludes halogenated alkanes) is 1. The van der Waals surface area contributed by atoms with Gasteiger partial charge in [-0.3, -0.25) is 4.79 Å². The van der Waals surface area contributed by atoms with Crippen LogP contribution in [0.3, 0.4) is 0 Å². The van der Waals surface area contributed by atoms with Crippen LogP contribution in [0.2, 0.25) is 5.02 Å². The molecule has 2 aromatic rings. The highest BCUT2D eigenvalue weighted by atomic mass is 35.5. The first-order valence-corrected chi connectivity index (χ1v) is 11.4. The normalized spacial score (nSPS) is 15.5. The lowest BCUT2D eigenvalue weighted by molar-refractivity contribution is -0.139. The summed E-state index contributed by atoms with van der Waals surface area (Å²) in [4.78, 5) is 30.0. The minimum absolute atomic E-state index is 0.0777. The van der Waals surface area contributed by atoms with E-state index in [1.165, 1.54) is 22.6 Å². The van der Waals surface area contributed by atoms with Crippen LogP contribution < -0.4 is 10.6 Å². The number of benzene rings is 1. The van der Waals surface area contributed by atoms with Gasteiger partial charge in [0, 0.05) is 22.9 Å². The van der Waals surface area contributed by atoms with E-state index in [1.807, 2.05) is 6.07 Å². The van der Waals surface area contributed by atoms with Crippen molar-refractivity contribution < 1.29 is 23.2 Å². The average molecular weight is 480 g/mol. The number of nitrogens with zero attached hydrogens (tertiary/aromatic N) is 2. The number of hydrogen-bond donors (Lipinski definition) is 3. The van der Waals surface area contributed by atoms with Crippen molar-refractivity contribution in [3.63, 3.8) is 0 Å². The van der Waals surface area contributed by atoms with Crippen LogP contribution in [-0.2, 0) is 17.6 Å². The molecule has 9 heteroatoms. The van der Waals surface area contributed by atoms with Gasteiger partial charge in [-0.05, 0) is 75.8 Å². The van der Waals surface area contributed by atoms with E-state index in [-0.39, 0.29) is 25.1 Å². The predicted molar refractivity (Wildman–Crippen MR) is 126 cm³/mol. The number of pyridine rings is 1. The fourth-order valence-electron chi connectivity index (χ4n) is 3.69.